The molecule has 0 bridgehead atoms. The van der Waals surface area contributed by atoms with E-state index in [0.29, 0.717) is 23.3 Å². The normalized spacial score (nSPS) is 11.3. The Bertz CT molecular complexity index is 1840. The fourth-order valence-corrected chi connectivity index (χ4v) is 5.05. The minimum absolute atomic E-state index is 0.0989. The van der Waals surface area contributed by atoms with Crippen molar-refractivity contribution < 1.29 is 31.1 Å². The molecule has 228 valence electrons. The zero-order valence-corrected chi connectivity index (χ0v) is 24.2. The lowest BCUT2D eigenvalue weighted by Crippen LogP contribution is -2.22. The van der Waals surface area contributed by atoms with Gasteiger partial charge in [0, 0.05) is 23.3 Å². The third-order valence-corrected chi connectivity index (χ3v) is 7.51. The molecule has 0 fully saturated rings. The average Bonchev–Trinajstić information content (AvgIpc) is 3.01. The van der Waals surface area contributed by atoms with E-state index in [1.54, 1.807) is 18.2 Å². The molecule has 0 aromatic heterocycles. The lowest BCUT2D eigenvalue weighted by Gasteiger charge is -2.19. The summed E-state index contributed by atoms with van der Waals surface area (Å²) in [5.74, 6) is -4.68. The Hall–Kier alpha value is -5.03. The highest BCUT2D eigenvalue weighted by molar-refractivity contribution is 5.74. The van der Waals surface area contributed by atoms with Gasteiger partial charge in [-0.25, -0.2) is 17.6 Å². The Morgan fingerprint density at radius 3 is 1.73 bits per heavy atom. The van der Waals surface area contributed by atoms with Crippen molar-refractivity contribution in [3.63, 3.8) is 0 Å². The first-order valence-electron chi connectivity index (χ1n) is 14.3. The topological polar surface area (TPSA) is 33.0 Å². The van der Waals surface area contributed by atoms with Crippen molar-refractivity contribution in [3.8, 4) is 45.2 Å². The van der Waals surface area contributed by atoms with Crippen LogP contribution < -0.4 is 4.74 Å². The second-order valence-corrected chi connectivity index (χ2v) is 10.6. The van der Waals surface area contributed by atoms with Crippen LogP contribution in [0.2, 0.25) is 0 Å². The Kier molecular flexibility index (Phi) is 9.29. The van der Waals surface area contributed by atoms with Crippen LogP contribution in [-0.4, -0.2) is 0 Å². The number of benzene rings is 5. The number of nitrogens with zero attached hydrogens (tertiary/aromatic N) is 1. The van der Waals surface area contributed by atoms with Gasteiger partial charge in [0.25, 0.3) is 0 Å². The maximum atomic E-state index is 15.2. The van der Waals surface area contributed by atoms with E-state index >= 15 is 8.78 Å². The quantitative estimate of drug-likeness (QED) is 0.116. The SMILES string of the molecule is CCCCCc1ccc(-c2ccc(-c3ccc(-c4ccc(C(F)(F)Oc5cc(F)c(C#N)c(F)c5)cc4)c(F)c3)c(F)c2)cc1. The Balaban J connectivity index is 1.31. The van der Waals surface area contributed by atoms with Crippen molar-refractivity contribution in [2.45, 2.75) is 38.7 Å². The first-order chi connectivity index (χ1) is 21.6. The lowest BCUT2D eigenvalue weighted by atomic mass is 9.96. The van der Waals surface area contributed by atoms with E-state index in [9.17, 15) is 17.6 Å². The molecule has 0 spiro atoms. The number of aryl methyl sites for hydroxylation is 1. The third kappa shape index (κ3) is 7.04. The molecule has 0 atom stereocenters. The van der Waals surface area contributed by atoms with E-state index in [1.165, 1.54) is 48.4 Å². The van der Waals surface area contributed by atoms with Crippen LogP contribution in [0, 0.1) is 34.6 Å². The van der Waals surface area contributed by atoms with E-state index in [2.05, 4.69) is 11.7 Å². The summed E-state index contributed by atoms with van der Waals surface area (Å²) >= 11 is 0. The fourth-order valence-electron chi connectivity index (χ4n) is 5.05. The molecule has 0 saturated carbocycles. The highest BCUT2D eigenvalue weighted by Gasteiger charge is 2.35. The zero-order chi connectivity index (χ0) is 32.1. The molecule has 0 aliphatic heterocycles. The highest BCUT2D eigenvalue weighted by Crippen LogP contribution is 2.36. The molecule has 0 aliphatic rings. The summed E-state index contributed by atoms with van der Waals surface area (Å²) in [5.41, 5.74) is 2.12. The number of alkyl halides is 2. The smallest absolute Gasteiger partial charge is 0.426 e. The van der Waals surface area contributed by atoms with Gasteiger partial charge in [0.05, 0.1) is 5.56 Å². The first kappa shape index (κ1) is 31.4. The van der Waals surface area contributed by atoms with Crippen LogP contribution in [-0.2, 0) is 12.5 Å². The molecule has 0 unspecified atom stereocenters. The summed E-state index contributed by atoms with van der Waals surface area (Å²) in [7, 11) is 0. The second-order valence-electron chi connectivity index (χ2n) is 10.6. The highest BCUT2D eigenvalue weighted by atomic mass is 19.3. The molecular formula is C37H27F6NO. The van der Waals surface area contributed by atoms with Crippen molar-refractivity contribution in [2.75, 3.05) is 0 Å². The molecule has 5 aromatic rings. The number of rotatable bonds is 10. The monoisotopic (exact) mass is 615 g/mol. The van der Waals surface area contributed by atoms with Gasteiger partial charge < -0.3 is 4.74 Å². The molecule has 0 radical (unpaired) electrons. The molecule has 5 aromatic carbocycles. The van der Waals surface area contributed by atoms with Gasteiger partial charge in [-0.3, -0.25) is 0 Å². The van der Waals surface area contributed by atoms with Crippen molar-refractivity contribution in [3.05, 3.63) is 137 Å². The molecule has 0 saturated heterocycles. The predicted molar refractivity (Wildman–Crippen MR) is 161 cm³/mol. The molecule has 5 rings (SSSR count). The van der Waals surface area contributed by atoms with Gasteiger partial charge >= 0.3 is 6.11 Å². The molecular weight excluding hydrogens is 588 g/mol. The lowest BCUT2D eigenvalue weighted by molar-refractivity contribution is -0.185. The van der Waals surface area contributed by atoms with Crippen molar-refractivity contribution in [1.82, 2.24) is 0 Å². The number of ether oxygens (including phenoxy) is 1. The van der Waals surface area contributed by atoms with Crippen molar-refractivity contribution >= 4 is 0 Å². The third-order valence-electron chi connectivity index (χ3n) is 7.51. The number of nitriles is 1. The first-order valence-corrected chi connectivity index (χ1v) is 14.3. The summed E-state index contributed by atoms with van der Waals surface area (Å²) in [6.45, 7) is 2.16. The van der Waals surface area contributed by atoms with Crippen LogP contribution in [0.1, 0.15) is 42.9 Å². The minimum atomic E-state index is -3.99. The van der Waals surface area contributed by atoms with E-state index < -0.39 is 46.3 Å². The maximum absolute atomic E-state index is 15.2. The standard InChI is InChI=1S/C37H27F6NO/c1-2-3-4-5-23-6-8-24(9-7-23)26-12-16-31(33(38)18-26)27-13-17-30(34(39)19-27)25-10-14-28(15-11-25)37(42,43)45-29-20-35(40)32(22-44)36(41)21-29/h6-21H,2-5H2,1H3. The van der Waals surface area contributed by atoms with Crippen LogP contribution in [0.5, 0.6) is 5.75 Å². The summed E-state index contributed by atoms with van der Waals surface area (Å²) in [4.78, 5) is 0. The van der Waals surface area contributed by atoms with Crippen LogP contribution in [0.4, 0.5) is 26.3 Å². The van der Waals surface area contributed by atoms with Gasteiger partial charge in [-0.15, -0.1) is 0 Å². The second kappa shape index (κ2) is 13.3. The summed E-state index contributed by atoms with van der Waals surface area (Å²) in [6, 6.07) is 23.7. The van der Waals surface area contributed by atoms with E-state index in [0.717, 1.165) is 37.0 Å². The summed E-state index contributed by atoms with van der Waals surface area (Å²) in [6.07, 6.45) is 0.456. The maximum Gasteiger partial charge on any atom is 0.426 e. The van der Waals surface area contributed by atoms with Crippen LogP contribution in [0.15, 0.2) is 97.1 Å². The van der Waals surface area contributed by atoms with Crippen LogP contribution in [0.3, 0.4) is 0 Å². The van der Waals surface area contributed by atoms with Gasteiger partial charge in [0.15, 0.2) is 0 Å². The van der Waals surface area contributed by atoms with Gasteiger partial charge in [-0.05, 0) is 64.9 Å². The summed E-state index contributed by atoms with van der Waals surface area (Å²) < 4.78 is 92.1. The number of hydrogen-bond donors (Lipinski definition) is 0. The number of hydrogen-bond acceptors (Lipinski definition) is 2. The molecule has 2 nitrogen and oxygen atoms in total. The van der Waals surface area contributed by atoms with Gasteiger partial charge in [-0.1, -0.05) is 80.4 Å². The van der Waals surface area contributed by atoms with E-state index in [1.807, 2.05) is 24.3 Å². The zero-order valence-electron chi connectivity index (χ0n) is 24.2. The number of unbranched alkanes of at least 4 members (excludes halogenated alkanes) is 2. The Morgan fingerprint density at radius 1 is 0.622 bits per heavy atom. The molecule has 0 heterocycles. The number of halogens is 6. The predicted octanol–water partition coefficient (Wildman–Crippen LogP) is 11.0. The van der Waals surface area contributed by atoms with Gasteiger partial charge in [-0.2, -0.15) is 14.0 Å². The minimum Gasteiger partial charge on any atom is -0.429 e. The molecule has 0 amide bonds. The van der Waals surface area contributed by atoms with Crippen LogP contribution in [0.25, 0.3) is 33.4 Å². The Morgan fingerprint density at radius 2 is 1.16 bits per heavy atom. The molecule has 8 heteroatoms. The molecule has 0 aliphatic carbocycles. The molecule has 0 N–H and O–H groups in total. The Labute approximate surface area is 257 Å². The molecule has 45 heavy (non-hydrogen) atoms. The van der Waals surface area contributed by atoms with Crippen LogP contribution >= 0.6 is 0 Å². The fraction of sp³-hybridized carbons (Fsp3) is 0.162. The van der Waals surface area contributed by atoms with Gasteiger partial charge in [0.2, 0.25) is 0 Å². The van der Waals surface area contributed by atoms with Crippen molar-refractivity contribution in [2.24, 2.45) is 0 Å². The van der Waals surface area contributed by atoms with E-state index in [-0.39, 0.29) is 16.7 Å². The summed E-state index contributed by atoms with van der Waals surface area (Å²) in [5, 5.41) is 8.74. The van der Waals surface area contributed by atoms with Crippen molar-refractivity contribution in [1.29, 1.82) is 5.26 Å². The largest absolute Gasteiger partial charge is 0.429 e. The van der Waals surface area contributed by atoms with E-state index in [4.69, 9.17) is 5.26 Å². The van der Waals surface area contributed by atoms with Gasteiger partial charge in [0.1, 0.15) is 40.7 Å². The average molecular weight is 616 g/mol.